The smallest absolute Gasteiger partial charge is 0.407 e. The van der Waals surface area contributed by atoms with Crippen LogP contribution in [0.4, 0.5) is 9.59 Å². The van der Waals surface area contributed by atoms with E-state index in [0.717, 1.165) is 33.1 Å². The van der Waals surface area contributed by atoms with Crippen molar-refractivity contribution in [1.82, 2.24) is 16.0 Å². The van der Waals surface area contributed by atoms with Crippen molar-refractivity contribution in [3.05, 3.63) is 168 Å². The van der Waals surface area contributed by atoms with E-state index in [1.807, 2.05) is 141 Å². The van der Waals surface area contributed by atoms with E-state index in [0.29, 0.717) is 12.8 Å². The van der Waals surface area contributed by atoms with Crippen LogP contribution in [0.15, 0.2) is 152 Å². The number of nitrogens with one attached hydrogen (secondary N) is 3. The van der Waals surface area contributed by atoms with Gasteiger partial charge in [0.25, 0.3) is 8.32 Å². The summed E-state index contributed by atoms with van der Waals surface area (Å²) in [7, 11) is -4.95. The van der Waals surface area contributed by atoms with Crippen molar-refractivity contribution in [1.29, 1.82) is 0 Å². The van der Waals surface area contributed by atoms with Gasteiger partial charge in [0.2, 0.25) is 5.91 Å². The highest BCUT2D eigenvalue weighted by Crippen LogP contribution is 2.39. The van der Waals surface area contributed by atoms with Crippen molar-refractivity contribution in [2.45, 2.75) is 116 Å². The number of hydrogen-bond donors (Lipinski definition) is 3. The topological polar surface area (TPSA) is 141 Å². The fourth-order valence-corrected chi connectivity index (χ4v) is 13.8. The quantitative estimate of drug-likeness (QED) is 0.0316. The molecule has 1 unspecified atom stereocenters. The SMILES string of the molecule is CC(C)C[C@H](NC(=O)[C@H](CNC(=O)OCC[Si](C)(C)C)CC(O[Si](c1ccccc1)(c1ccccc1)C(C)(C)C)[C@H](Cc1ccccc1)NC(=O)OCc1ccccc1)C(=O)OCc1ccccc1. The van der Waals surface area contributed by atoms with E-state index in [2.05, 4.69) is 80.6 Å². The molecule has 0 aliphatic rings. The number of rotatable bonds is 24. The van der Waals surface area contributed by atoms with Crippen molar-refractivity contribution in [2.24, 2.45) is 11.8 Å². The zero-order valence-electron chi connectivity index (χ0n) is 41.7. The number of esters is 1. The van der Waals surface area contributed by atoms with Crippen molar-refractivity contribution in [3.8, 4) is 0 Å². The van der Waals surface area contributed by atoms with Gasteiger partial charge in [-0.1, -0.05) is 206 Å². The lowest BCUT2D eigenvalue weighted by Gasteiger charge is -2.47. The van der Waals surface area contributed by atoms with Gasteiger partial charge in [0.1, 0.15) is 19.3 Å². The van der Waals surface area contributed by atoms with Crippen LogP contribution >= 0.6 is 0 Å². The van der Waals surface area contributed by atoms with E-state index in [4.69, 9.17) is 18.6 Å². The molecule has 69 heavy (non-hydrogen) atoms. The molecule has 0 radical (unpaired) electrons. The molecule has 13 heteroatoms. The van der Waals surface area contributed by atoms with E-state index in [-0.39, 0.29) is 38.7 Å². The van der Waals surface area contributed by atoms with Gasteiger partial charge in [0.05, 0.1) is 24.7 Å². The molecule has 5 rings (SSSR count). The predicted octanol–water partition coefficient (Wildman–Crippen LogP) is 9.81. The van der Waals surface area contributed by atoms with Crippen molar-refractivity contribution in [3.63, 3.8) is 0 Å². The molecule has 0 heterocycles. The molecule has 0 fully saturated rings. The first kappa shape index (κ1) is 53.9. The summed E-state index contributed by atoms with van der Waals surface area (Å²) in [6.07, 6.45) is -1.55. The fraction of sp³-hybridized carbons (Fsp3) is 0.393. The second-order valence-corrected chi connectivity index (χ2v) is 30.2. The summed E-state index contributed by atoms with van der Waals surface area (Å²) >= 11 is 0. The number of carbonyl (C=O) groups excluding carboxylic acids is 4. The van der Waals surface area contributed by atoms with Gasteiger partial charge in [-0.05, 0) is 63.3 Å². The van der Waals surface area contributed by atoms with Gasteiger partial charge in [-0.15, -0.1) is 0 Å². The molecule has 0 spiro atoms. The summed E-state index contributed by atoms with van der Waals surface area (Å²) in [4.78, 5) is 56.6. The first-order chi connectivity index (χ1) is 32.9. The number of ether oxygens (including phenoxy) is 3. The lowest BCUT2D eigenvalue weighted by atomic mass is 9.92. The Morgan fingerprint density at radius 1 is 0.580 bits per heavy atom. The van der Waals surface area contributed by atoms with Gasteiger partial charge >= 0.3 is 18.2 Å². The number of carbonyl (C=O) groups is 4. The van der Waals surface area contributed by atoms with Crippen LogP contribution < -0.4 is 26.3 Å². The minimum absolute atomic E-state index is 0.00937. The van der Waals surface area contributed by atoms with Gasteiger partial charge in [-0.25, -0.2) is 14.4 Å². The van der Waals surface area contributed by atoms with E-state index < -0.39 is 69.6 Å². The van der Waals surface area contributed by atoms with Gasteiger partial charge in [0, 0.05) is 14.6 Å². The van der Waals surface area contributed by atoms with Gasteiger partial charge in [-0.2, -0.15) is 0 Å². The Morgan fingerprint density at radius 2 is 1.06 bits per heavy atom. The zero-order valence-corrected chi connectivity index (χ0v) is 43.7. The average Bonchev–Trinajstić information content (AvgIpc) is 3.32. The van der Waals surface area contributed by atoms with Crippen LogP contribution in [0.25, 0.3) is 0 Å². The van der Waals surface area contributed by atoms with E-state index in [1.165, 1.54) is 0 Å². The number of alkyl carbamates (subject to hydrolysis) is 2. The molecule has 5 aromatic rings. The largest absolute Gasteiger partial charge is 0.459 e. The molecule has 0 aliphatic heterocycles. The molecule has 0 saturated carbocycles. The monoisotopic (exact) mass is 971 g/mol. The maximum Gasteiger partial charge on any atom is 0.407 e. The minimum Gasteiger partial charge on any atom is -0.459 e. The Bertz CT molecular complexity index is 2290. The van der Waals surface area contributed by atoms with Crippen molar-refractivity contribution in [2.75, 3.05) is 13.2 Å². The first-order valence-corrected chi connectivity index (χ1v) is 29.8. The third kappa shape index (κ3) is 17.2. The van der Waals surface area contributed by atoms with Crippen LogP contribution in [-0.4, -0.2) is 71.8 Å². The van der Waals surface area contributed by atoms with Gasteiger partial charge in [-0.3, -0.25) is 4.79 Å². The summed E-state index contributed by atoms with van der Waals surface area (Å²) in [5, 5.41) is 10.6. The molecule has 368 valence electrons. The standard InChI is InChI=1S/C56H73N3O8Si2/c1-42(2)36-50(53(61)65-40-44-26-16-10-17-27-44)58-52(60)46(39-57-54(62)64-34-35-68(6,7)8)38-51(67-69(56(3,4)5,47-30-20-12-21-31-47)48-32-22-13-23-33-48)49(37-43-24-14-9-15-25-43)59-55(63)66-41-45-28-18-11-19-29-45/h9-33,42,46,49-51H,34-41H2,1-8H3,(H,57,62)(H,58,60)(H,59,63)/t46-,49-,50-,51?/m0/s1. The average molecular weight is 972 g/mol. The molecular weight excluding hydrogens is 899 g/mol. The van der Waals surface area contributed by atoms with E-state index >= 15 is 4.79 Å². The highest BCUT2D eigenvalue weighted by molar-refractivity contribution is 6.99. The molecule has 4 atom stereocenters. The lowest BCUT2D eigenvalue weighted by molar-refractivity contribution is -0.150. The molecule has 3 amide bonds. The Hall–Kier alpha value is -6.03. The van der Waals surface area contributed by atoms with Crippen LogP contribution in [0.5, 0.6) is 0 Å². The summed E-state index contributed by atoms with van der Waals surface area (Å²) in [5.41, 5.74) is 2.56. The minimum atomic E-state index is -3.42. The number of amides is 3. The molecule has 0 aromatic heterocycles. The van der Waals surface area contributed by atoms with E-state index in [9.17, 15) is 14.4 Å². The summed E-state index contributed by atoms with van der Waals surface area (Å²) in [6, 6.07) is 48.0. The number of benzene rings is 5. The summed E-state index contributed by atoms with van der Waals surface area (Å²) < 4.78 is 25.3. The Labute approximate surface area is 412 Å². The maximum atomic E-state index is 15.1. The second kappa shape index (κ2) is 26.1. The van der Waals surface area contributed by atoms with Gasteiger partial charge < -0.3 is 34.6 Å². The molecule has 11 nitrogen and oxygen atoms in total. The molecule has 5 aromatic carbocycles. The van der Waals surface area contributed by atoms with Gasteiger partial charge in [0.15, 0.2) is 0 Å². The third-order valence-electron chi connectivity index (χ3n) is 12.0. The van der Waals surface area contributed by atoms with Crippen LogP contribution in [0.1, 0.15) is 64.2 Å². The first-order valence-electron chi connectivity index (χ1n) is 24.1. The summed E-state index contributed by atoms with van der Waals surface area (Å²) in [6.45, 7) is 17.3. The van der Waals surface area contributed by atoms with Crippen molar-refractivity contribution >= 4 is 50.8 Å². The normalized spacial score (nSPS) is 13.6. The maximum absolute atomic E-state index is 15.1. The predicted molar refractivity (Wildman–Crippen MR) is 279 cm³/mol. The van der Waals surface area contributed by atoms with Crippen LogP contribution in [-0.2, 0) is 47.9 Å². The van der Waals surface area contributed by atoms with Crippen LogP contribution in [0.2, 0.25) is 30.7 Å². The molecule has 0 aliphatic carbocycles. The Kier molecular flexibility index (Phi) is 20.4. The van der Waals surface area contributed by atoms with Crippen molar-refractivity contribution < 1.29 is 37.8 Å². The molecule has 0 saturated heterocycles. The highest BCUT2D eigenvalue weighted by atomic mass is 28.4. The lowest BCUT2D eigenvalue weighted by Crippen LogP contribution is -2.69. The third-order valence-corrected chi connectivity index (χ3v) is 18.8. The molecular formula is C56H73N3O8Si2. The Morgan fingerprint density at radius 3 is 1.54 bits per heavy atom. The molecule has 3 N–H and O–H groups in total. The zero-order chi connectivity index (χ0) is 49.9. The van der Waals surface area contributed by atoms with Crippen LogP contribution in [0, 0.1) is 11.8 Å². The molecule has 0 bridgehead atoms. The van der Waals surface area contributed by atoms with Crippen LogP contribution in [0.3, 0.4) is 0 Å². The van der Waals surface area contributed by atoms with E-state index in [1.54, 1.807) is 0 Å². The number of hydrogen-bond acceptors (Lipinski definition) is 8. The fourth-order valence-electron chi connectivity index (χ4n) is 8.35. The summed E-state index contributed by atoms with van der Waals surface area (Å²) in [5.74, 6) is -2.02. The second-order valence-electron chi connectivity index (χ2n) is 20.4. The highest BCUT2D eigenvalue weighted by Gasteiger charge is 2.53. The Balaban J connectivity index is 1.62.